The zero-order chi connectivity index (χ0) is 14.3. The molecule has 0 amide bonds. The standard InChI is InChI=1S/C15H14FNO2S/c16-15-5-4-10(6-12(15)9-17)11-7-13-2-1-3-14(8-11)20(13,18)19/h4-7,13-14H,1-3,8H2. The normalized spacial score (nSPS) is 27.5. The largest absolute Gasteiger partial charge is 0.228 e. The predicted molar refractivity (Wildman–Crippen MR) is 74.1 cm³/mol. The van der Waals surface area contributed by atoms with Gasteiger partial charge in [-0.2, -0.15) is 5.26 Å². The van der Waals surface area contributed by atoms with Crippen LogP contribution in [-0.2, 0) is 9.84 Å². The van der Waals surface area contributed by atoms with E-state index >= 15 is 0 Å². The molecule has 2 aliphatic heterocycles. The first-order valence-electron chi connectivity index (χ1n) is 6.66. The molecule has 2 aliphatic rings. The molecule has 2 atom stereocenters. The minimum Gasteiger partial charge on any atom is -0.228 e. The van der Waals surface area contributed by atoms with Crippen LogP contribution in [0.4, 0.5) is 4.39 Å². The lowest BCUT2D eigenvalue weighted by molar-refractivity contribution is 0.518. The van der Waals surface area contributed by atoms with Crippen LogP contribution in [-0.4, -0.2) is 18.9 Å². The van der Waals surface area contributed by atoms with E-state index in [1.807, 2.05) is 6.07 Å². The maximum absolute atomic E-state index is 13.4. The van der Waals surface area contributed by atoms with Crippen molar-refractivity contribution in [2.75, 3.05) is 0 Å². The summed E-state index contributed by atoms with van der Waals surface area (Å²) in [5, 5.41) is 8.14. The van der Waals surface area contributed by atoms with Crippen LogP contribution in [0.1, 0.15) is 36.8 Å². The van der Waals surface area contributed by atoms with E-state index in [2.05, 4.69) is 0 Å². The Morgan fingerprint density at radius 2 is 2.10 bits per heavy atom. The summed E-state index contributed by atoms with van der Waals surface area (Å²) in [4.78, 5) is 0. The summed E-state index contributed by atoms with van der Waals surface area (Å²) in [6, 6.07) is 6.22. The second-order valence-electron chi connectivity index (χ2n) is 5.38. The van der Waals surface area contributed by atoms with Crippen LogP contribution < -0.4 is 0 Å². The molecule has 1 saturated heterocycles. The molecule has 0 aromatic heterocycles. The van der Waals surface area contributed by atoms with Gasteiger partial charge in [0, 0.05) is 0 Å². The molecule has 20 heavy (non-hydrogen) atoms. The van der Waals surface area contributed by atoms with Crippen molar-refractivity contribution in [3.05, 3.63) is 41.2 Å². The van der Waals surface area contributed by atoms with Crippen molar-refractivity contribution in [1.82, 2.24) is 0 Å². The van der Waals surface area contributed by atoms with Crippen LogP contribution in [0.25, 0.3) is 5.57 Å². The molecule has 3 rings (SSSR count). The van der Waals surface area contributed by atoms with E-state index in [1.54, 1.807) is 12.1 Å². The number of rotatable bonds is 1. The molecule has 3 nitrogen and oxygen atoms in total. The van der Waals surface area contributed by atoms with Gasteiger partial charge in [0.25, 0.3) is 0 Å². The summed E-state index contributed by atoms with van der Waals surface area (Å²) in [5.41, 5.74) is 1.68. The minimum atomic E-state index is -3.05. The van der Waals surface area contributed by atoms with Crippen LogP contribution in [0.3, 0.4) is 0 Å². The third-order valence-electron chi connectivity index (χ3n) is 4.19. The SMILES string of the molecule is N#Cc1cc(C2=CC3CCCC(C2)S3(=O)=O)ccc1F. The number of sulfone groups is 1. The van der Waals surface area contributed by atoms with Gasteiger partial charge in [0.1, 0.15) is 11.9 Å². The highest BCUT2D eigenvalue weighted by Gasteiger charge is 2.40. The molecule has 0 spiro atoms. The number of halogens is 1. The summed E-state index contributed by atoms with van der Waals surface area (Å²) in [5.74, 6) is -0.541. The summed E-state index contributed by atoms with van der Waals surface area (Å²) >= 11 is 0. The Bertz CT molecular complexity index is 731. The number of benzene rings is 1. The summed E-state index contributed by atoms with van der Waals surface area (Å²) in [6.45, 7) is 0. The van der Waals surface area contributed by atoms with Gasteiger partial charge in [0.15, 0.2) is 9.84 Å². The first kappa shape index (κ1) is 13.3. The molecule has 2 bridgehead atoms. The highest BCUT2D eigenvalue weighted by molar-refractivity contribution is 7.93. The summed E-state index contributed by atoms with van der Waals surface area (Å²) in [7, 11) is -3.05. The van der Waals surface area contributed by atoms with Crippen LogP contribution in [0, 0.1) is 17.1 Å². The van der Waals surface area contributed by atoms with Gasteiger partial charge in [0.05, 0.1) is 16.1 Å². The molecule has 1 fully saturated rings. The molecule has 1 aromatic rings. The number of hydrogen-bond acceptors (Lipinski definition) is 3. The third kappa shape index (κ3) is 2.04. The van der Waals surface area contributed by atoms with Crippen molar-refractivity contribution in [1.29, 1.82) is 5.26 Å². The Labute approximate surface area is 117 Å². The molecule has 1 aromatic carbocycles. The fraction of sp³-hybridized carbons (Fsp3) is 0.400. The first-order chi connectivity index (χ1) is 9.52. The van der Waals surface area contributed by atoms with Crippen molar-refractivity contribution < 1.29 is 12.8 Å². The van der Waals surface area contributed by atoms with Gasteiger partial charge in [-0.15, -0.1) is 0 Å². The van der Waals surface area contributed by atoms with Gasteiger partial charge >= 0.3 is 0 Å². The molecule has 5 heteroatoms. The maximum atomic E-state index is 13.4. The lowest BCUT2D eigenvalue weighted by Crippen LogP contribution is -2.38. The van der Waals surface area contributed by atoms with Crippen LogP contribution in [0.2, 0.25) is 0 Å². The quantitative estimate of drug-likeness (QED) is 0.799. The van der Waals surface area contributed by atoms with Gasteiger partial charge in [-0.1, -0.05) is 18.6 Å². The smallest absolute Gasteiger partial charge is 0.159 e. The Balaban J connectivity index is 2.04. The lowest BCUT2D eigenvalue weighted by atomic mass is 9.92. The van der Waals surface area contributed by atoms with Crippen molar-refractivity contribution >= 4 is 15.4 Å². The van der Waals surface area contributed by atoms with E-state index in [0.717, 1.165) is 17.6 Å². The zero-order valence-electron chi connectivity index (χ0n) is 10.8. The lowest BCUT2D eigenvalue weighted by Gasteiger charge is -2.33. The Kier molecular flexibility index (Phi) is 3.14. The summed E-state index contributed by atoms with van der Waals surface area (Å²) in [6.07, 6.45) is 4.55. The predicted octanol–water partition coefficient (Wildman–Crippen LogP) is 2.82. The topological polar surface area (TPSA) is 57.9 Å². The fourth-order valence-electron chi connectivity index (χ4n) is 3.08. The minimum absolute atomic E-state index is 0.00184. The van der Waals surface area contributed by atoms with Crippen LogP contribution in [0.15, 0.2) is 24.3 Å². The molecule has 0 saturated carbocycles. The average molecular weight is 291 g/mol. The van der Waals surface area contributed by atoms with Crippen molar-refractivity contribution in [2.24, 2.45) is 0 Å². The molecule has 0 N–H and O–H groups in total. The van der Waals surface area contributed by atoms with E-state index in [-0.39, 0.29) is 10.8 Å². The second kappa shape index (κ2) is 4.71. The molecular weight excluding hydrogens is 277 g/mol. The monoisotopic (exact) mass is 291 g/mol. The van der Waals surface area contributed by atoms with Crippen LogP contribution in [0.5, 0.6) is 0 Å². The fourth-order valence-corrected chi connectivity index (χ4v) is 5.33. The Morgan fingerprint density at radius 3 is 2.80 bits per heavy atom. The molecular formula is C15H14FNO2S. The van der Waals surface area contributed by atoms with E-state index in [4.69, 9.17) is 5.26 Å². The number of hydrogen-bond donors (Lipinski definition) is 0. The zero-order valence-corrected chi connectivity index (χ0v) is 11.7. The third-order valence-corrected chi connectivity index (χ3v) is 6.74. The van der Waals surface area contributed by atoms with Crippen molar-refractivity contribution in [2.45, 2.75) is 36.2 Å². The van der Waals surface area contributed by atoms with E-state index in [9.17, 15) is 12.8 Å². The Morgan fingerprint density at radius 1 is 1.30 bits per heavy atom. The van der Waals surface area contributed by atoms with Crippen molar-refractivity contribution in [3.63, 3.8) is 0 Å². The number of allylic oxidation sites excluding steroid dienone is 1. The molecule has 104 valence electrons. The average Bonchev–Trinajstić information content (AvgIpc) is 2.38. The summed E-state index contributed by atoms with van der Waals surface area (Å²) < 4.78 is 37.7. The number of nitrogens with zero attached hydrogens (tertiary/aromatic N) is 1. The van der Waals surface area contributed by atoms with Crippen LogP contribution >= 0.6 is 0 Å². The Hall–Kier alpha value is -1.67. The number of nitriles is 1. The van der Waals surface area contributed by atoms with E-state index in [1.165, 1.54) is 12.1 Å². The van der Waals surface area contributed by atoms with E-state index < -0.39 is 20.9 Å². The van der Waals surface area contributed by atoms with Gasteiger partial charge in [-0.3, -0.25) is 0 Å². The highest BCUT2D eigenvalue weighted by Crippen LogP contribution is 2.39. The molecule has 0 radical (unpaired) electrons. The first-order valence-corrected chi connectivity index (χ1v) is 8.27. The molecule has 2 heterocycles. The highest BCUT2D eigenvalue weighted by atomic mass is 32.2. The van der Waals surface area contributed by atoms with E-state index in [0.29, 0.717) is 19.3 Å². The second-order valence-corrected chi connectivity index (χ2v) is 7.83. The van der Waals surface area contributed by atoms with Gasteiger partial charge in [0.2, 0.25) is 0 Å². The molecule has 2 unspecified atom stereocenters. The molecule has 0 aliphatic carbocycles. The van der Waals surface area contributed by atoms with Gasteiger partial charge in [-0.25, -0.2) is 12.8 Å². The van der Waals surface area contributed by atoms with Gasteiger partial charge in [-0.05, 0) is 42.5 Å². The van der Waals surface area contributed by atoms with Gasteiger partial charge < -0.3 is 0 Å². The van der Waals surface area contributed by atoms with Crippen molar-refractivity contribution in [3.8, 4) is 6.07 Å². The number of fused-ring (bicyclic) bond motifs is 2. The maximum Gasteiger partial charge on any atom is 0.159 e.